The largest absolute Gasteiger partial charge is 0.412 e. The molecule has 0 saturated carbocycles. The number of pyridine rings is 1. The predicted molar refractivity (Wildman–Crippen MR) is 119 cm³/mol. The molecule has 1 N–H and O–H groups in total. The van der Waals surface area contributed by atoms with Crippen molar-refractivity contribution in [3.05, 3.63) is 102 Å². The van der Waals surface area contributed by atoms with Crippen LogP contribution in [0.4, 0.5) is 26.3 Å². The SMILES string of the molecule is C=C/C(=C\C=C(/C)C(F)(F)F)c1ccc(C(C)(F)C(O)(Cn2cnnn2)c2ccc(F)cc2F)nc1. The first-order valence-corrected chi connectivity index (χ1v) is 10.4. The van der Waals surface area contributed by atoms with Crippen molar-refractivity contribution in [3.8, 4) is 0 Å². The lowest BCUT2D eigenvalue weighted by Crippen LogP contribution is -2.48. The summed E-state index contributed by atoms with van der Waals surface area (Å²) in [4.78, 5) is 4.04. The summed E-state index contributed by atoms with van der Waals surface area (Å²) in [5, 5.41) is 21.9. The van der Waals surface area contributed by atoms with Crippen molar-refractivity contribution in [1.82, 2.24) is 25.2 Å². The highest BCUT2D eigenvalue weighted by Crippen LogP contribution is 2.45. The van der Waals surface area contributed by atoms with Crippen LogP contribution in [0.3, 0.4) is 0 Å². The Morgan fingerprint density at radius 2 is 1.83 bits per heavy atom. The van der Waals surface area contributed by atoms with E-state index in [9.17, 15) is 27.1 Å². The van der Waals surface area contributed by atoms with Crippen molar-refractivity contribution >= 4 is 5.57 Å². The molecule has 36 heavy (non-hydrogen) atoms. The molecule has 0 amide bonds. The normalized spacial score (nSPS) is 16.4. The van der Waals surface area contributed by atoms with Crippen LogP contribution in [0, 0.1) is 11.6 Å². The molecule has 0 aliphatic carbocycles. The first-order chi connectivity index (χ1) is 16.8. The van der Waals surface area contributed by atoms with Crippen LogP contribution in [0.1, 0.15) is 30.7 Å². The Morgan fingerprint density at radius 3 is 2.36 bits per heavy atom. The van der Waals surface area contributed by atoms with Crippen LogP contribution in [-0.2, 0) is 17.8 Å². The lowest BCUT2D eigenvalue weighted by molar-refractivity contribution is -0.123. The highest BCUT2D eigenvalue weighted by atomic mass is 19.4. The molecule has 190 valence electrons. The summed E-state index contributed by atoms with van der Waals surface area (Å²) in [6.45, 7) is 4.79. The zero-order chi connectivity index (χ0) is 26.7. The molecule has 6 nitrogen and oxygen atoms in total. The molecule has 2 heterocycles. The third kappa shape index (κ3) is 5.38. The Morgan fingerprint density at radius 1 is 1.11 bits per heavy atom. The number of rotatable bonds is 8. The second-order valence-corrected chi connectivity index (χ2v) is 8.10. The number of hydrogen-bond acceptors (Lipinski definition) is 5. The smallest absolute Gasteiger partial charge is 0.379 e. The first kappa shape index (κ1) is 26.8. The van der Waals surface area contributed by atoms with Crippen molar-refractivity contribution in [1.29, 1.82) is 0 Å². The Labute approximate surface area is 202 Å². The minimum atomic E-state index is -4.50. The number of alkyl halides is 4. The molecule has 0 aliphatic heterocycles. The van der Waals surface area contributed by atoms with Crippen molar-refractivity contribution in [2.45, 2.75) is 37.8 Å². The summed E-state index contributed by atoms with van der Waals surface area (Å²) in [7, 11) is 0. The number of halogens is 6. The van der Waals surface area contributed by atoms with Gasteiger partial charge in [-0.3, -0.25) is 4.98 Å². The van der Waals surface area contributed by atoms with Crippen molar-refractivity contribution in [2.24, 2.45) is 0 Å². The van der Waals surface area contributed by atoms with Crippen LogP contribution in [0.5, 0.6) is 0 Å². The Hall–Kier alpha value is -3.80. The zero-order valence-electron chi connectivity index (χ0n) is 19.1. The van der Waals surface area contributed by atoms with Gasteiger partial charge in [0.25, 0.3) is 0 Å². The van der Waals surface area contributed by atoms with Gasteiger partial charge in [0.05, 0.1) is 12.2 Å². The average Bonchev–Trinajstić information content (AvgIpc) is 3.31. The van der Waals surface area contributed by atoms with Crippen LogP contribution in [0.25, 0.3) is 5.57 Å². The maximum Gasteiger partial charge on any atom is 0.412 e. The monoisotopic (exact) mass is 509 g/mol. The van der Waals surface area contributed by atoms with Gasteiger partial charge in [0, 0.05) is 23.4 Å². The molecule has 12 heteroatoms. The van der Waals surface area contributed by atoms with Crippen molar-refractivity contribution in [2.75, 3.05) is 0 Å². The van der Waals surface area contributed by atoms with E-state index in [4.69, 9.17) is 0 Å². The van der Waals surface area contributed by atoms with Crippen LogP contribution in [0.2, 0.25) is 0 Å². The van der Waals surface area contributed by atoms with Gasteiger partial charge in [0.2, 0.25) is 0 Å². The molecule has 0 bridgehead atoms. The second-order valence-electron chi connectivity index (χ2n) is 8.10. The third-order valence-electron chi connectivity index (χ3n) is 5.69. The lowest BCUT2D eigenvalue weighted by Gasteiger charge is -2.39. The summed E-state index contributed by atoms with van der Waals surface area (Å²) in [5.41, 5.74) is -6.58. The second kappa shape index (κ2) is 10.1. The summed E-state index contributed by atoms with van der Waals surface area (Å²) < 4.78 is 83.9. The Kier molecular flexibility index (Phi) is 7.48. The summed E-state index contributed by atoms with van der Waals surface area (Å²) in [6, 6.07) is 4.84. The molecule has 2 aromatic heterocycles. The maximum atomic E-state index is 16.4. The highest BCUT2D eigenvalue weighted by Gasteiger charge is 2.53. The van der Waals surface area contributed by atoms with Gasteiger partial charge < -0.3 is 5.11 Å². The number of aromatic nitrogens is 5. The average molecular weight is 509 g/mol. The van der Waals surface area contributed by atoms with Gasteiger partial charge in [0.1, 0.15) is 18.0 Å². The van der Waals surface area contributed by atoms with E-state index in [0.717, 1.165) is 43.1 Å². The van der Waals surface area contributed by atoms with Crippen LogP contribution < -0.4 is 0 Å². The van der Waals surface area contributed by atoms with Crippen molar-refractivity contribution in [3.63, 3.8) is 0 Å². The number of hydrogen-bond donors (Lipinski definition) is 1. The molecular formula is C24H21F6N5O. The minimum Gasteiger partial charge on any atom is -0.379 e. The summed E-state index contributed by atoms with van der Waals surface area (Å²) in [6.07, 6.45) is 1.11. The van der Waals surface area contributed by atoms with Crippen LogP contribution in [0.15, 0.2) is 73.2 Å². The Bertz CT molecular complexity index is 1280. The minimum absolute atomic E-state index is 0.270. The number of nitrogens with zero attached hydrogens (tertiary/aromatic N) is 5. The predicted octanol–water partition coefficient (Wildman–Crippen LogP) is 5.20. The van der Waals surface area contributed by atoms with E-state index < -0.39 is 46.8 Å². The number of allylic oxidation sites excluding steroid dienone is 5. The van der Waals surface area contributed by atoms with Crippen molar-refractivity contribution < 1.29 is 31.4 Å². The van der Waals surface area contributed by atoms with Gasteiger partial charge in [0.15, 0.2) is 11.3 Å². The molecule has 0 saturated heterocycles. The molecular weight excluding hydrogens is 488 g/mol. The number of benzene rings is 1. The molecule has 0 fully saturated rings. The van der Waals surface area contributed by atoms with Gasteiger partial charge >= 0.3 is 6.18 Å². The van der Waals surface area contributed by atoms with E-state index >= 15 is 4.39 Å². The molecule has 3 aromatic rings. The molecule has 2 atom stereocenters. The van der Waals surface area contributed by atoms with E-state index in [2.05, 4.69) is 27.1 Å². The quantitative estimate of drug-likeness (QED) is 0.334. The standard InChI is InChI=1S/C24H21F6N5O/c1-4-16(6-5-15(2)24(28,29)30)17-7-10-21(31-12-17)22(3,27)23(36,13-35-14-32-33-34-35)19-9-8-18(25)11-20(19)26/h4-12,14,36H,1,13H2,2-3H3/b15-5+,16-6+. The molecule has 0 radical (unpaired) electrons. The fourth-order valence-corrected chi connectivity index (χ4v) is 3.44. The van der Waals surface area contributed by atoms with Gasteiger partial charge in [-0.25, -0.2) is 17.9 Å². The maximum absolute atomic E-state index is 16.4. The van der Waals surface area contributed by atoms with E-state index in [0.29, 0.717) is 11.6 Å². The number of tetrazole rings is 1. The molecule has 0 aliphatic rings. The summed E-state index contributed by atoms with van der Waals surface area (Å²) >= 11 is 0. The fraction of sp³-hybridized carbons (Fsp3) is 0.250. The highest BCUT2D eigenvalue weighted by molar-refractivity contribution is 5.74. The Balaban J connectivity index is 2.05. The topological polar surface area (TPSA) is 76.7 Å². The van der Waals surface area contributed by atoms with Gasteiger partial charge in [-0.1, -0.05) is 36.9 Å². The van der Waals surface area contributed by atoms with E-state index in [1.807, 2.05) is 0 Å². The number of aliphatic hydroxyl groups is 1. The van der Waals surface area contributed by atoms with Crippen LogP contribution >= 0.6 is 0 Å². The van der Waals surface area contributed by atoms with Crippen LogP contribution in [-0.4, -0.2) is 36.5 Å². The van der Waals surface area contributed by atoms with E-state index in [1.165, 1.54) is 30.5 Å². The molecule has 1 aromatic carbocycles. The first-order valence-electron chi connectivity index (χ1n) is 10.4. The fourth-order valence-electron chi connectivity index (χ4n) is 3.44. The molecule has 2 unspecified atom stereocenters. The lowest BCUT2D eigenvalue weighted by atomic mass is 9.77. The van der Waals surface area contributed by atoms with E-state index in [-0.39, 0.29) is 11.3 Å². The third-order valence-corrected chi connectivity index (χ3v) is 5.69. The van der Waals surface area contributed by atoms with Gasteiger partial charge in [-0.2, -0.15) is 13.2 Å². The van der Waals surface area contributed by atoms with Gasteiger partial charge in [-0.05, 0) is 47.5 Å². The van der Waals surface area contributed by atoms with E-state index in [1.54, 1.807) is 0 Å². The molecule has 0 spiro atoms. The van der Waals surface area contributed by atoms with Gasteiger partial charge in [-0.15, -0.1) is 5.10 Å². The molecule has 3 rings (SSSR count). The summed E-state index contributed by atoms with van der Waals surface area (Å²) in [5.74, 6) is -2.13. The zero-order valence-corrected chi connectivity index (χ0v) is 19.1.